The Bertz CT molecular complexity index is 723. The van der Waals surface area contributed by atoms with Crippen molar-refractivity contribution in [3.8, 4) is 0 Å². The van der Waals surface area contributed by atoms with E-state index in [0.717, 1.165) is 42.9 Å². The standard InChI is InChI=1S/C19H20BrN3O2/c20-18-7-3-15(4-8-18)13-21-22-19(24)17-5-1-16(2-6-17)14-23-9-11-25-12-10-23/h1-8,13H,9-12,14H2,(H,22,24). The topological polar surface area (TPSA) is 53.9 Å². The van der Waals surface area contributed by atoms with E-state index >= 15 is 0 Å². The van der Waals surface area contributed by atoms with E-state index in [1.54, 1.807) is 6.21 Å². The zero-order chi connectivity index (χ0) is 17.5. The molecule has 0 unspecified atom stereocenters. The number of rotatable bonds is 5. The van der Waals surface area contributed by atoms with Crippen LogP contribution in [0, 0.1) is 0 Å². The lowest BCUT2D eigenvalue weighted by atomic mass is 10.1. The minimum Gasteiger partial charge on any atom is -0.379 e. The maximum atomic E-state index is 12.1. The fourth-order valence-electron chi connectivity index (χ4n) is 2.56. The molecule has 1 amide bonds. The summed E-state index contributed by atoms with van der Waals surface area (Å²) in [5, 5.41) is 4.00. The molecule has 1 saturated heterocycles. The van der Waals surface area contributed by atoms with Crippen LogP contribution in [-0.2, 0) is 11.3 Å². The Kier molecular flexibility index (Phi) is 6.33. The Hall–Kier alpha value is -2.02. The van der Waals surface area contributed by atoms with Gasteiger partial charge in [-0.3, -0.25) is 9.69 Å². The number of carbonyl (C=O) groups is 1. The molecule has 1 aliphatic heterocycles. The predicted molar refractivity (Wildman–Crippen MR) is 102 cm³/mol. The largest absolute Gasteiger partial charge is 0.379 e. The van der Waals surface area contributed by atoms with E-state index in [1.165, 1.54) is 5.56 Å². The molecule has 2 aromatic carbocycles. The van der Waals surface area contributed by atoms with Gasteiger partial charge in [0.05, 0.1) is 19.4 Å². The van der Waals surface area contributed by atoms with E-state index in [1.807, 2.05) is 48.5 Å². The lowest BCUT2D eigenvalue weighted by molar-refractivity contribution is 0.0342. The molecule has 3 rings (SSSR count). The molecule has 1 fully saturated rings. The fourth-order valence-corrected chi connectivity index (χ4v) is 2.82. The molecule has 0 radical (unpaired) electrons. The highest BCUT2D eigenvalue weighted by Gasteiger charge is 2.11. The number of hydrogen-bond acceptors (Lipinski definition) is 4. The van der Waals surface area contributed by atoms with E-state index < -0.39 is 0 Å². The molecular formula is C19H20BrN3O2. The number of carbonyl (C=O) groups excluding carboxylic acids is 1. The van der Waals surface area contributed by atoms with Crippen LogP contribution in [0.2, 0.25) is 0 Å². The average molecular weight is 402 g/mol. The van der Waals surface area contributed by atoms with E-state index in [-0.39, 0.29) is 5.91 Å². The van der Waals surface area contributed by atoms with Crippen LogP contribution < -0.4 is 5.43 Å². The first-order valence-corrected chi connectivity index (χ1v) is 8.98. The van der Waals surface area contributed by atoms with Crippen LogP contribution in [0.4, 0.5) is 0 Å². The van der Waals surface area contributed by atoms with Gasteiger partial charge in [-0.2, -0.15) is 5.10 Å². The zero-order valence-corrected chi connectivity index (χ0v) is 15.4. The fraction of sp³-hybridized carbons (Fsp3) is 0.263. The third kappa shape index (κ3) is 5.49. The monoisotopic (exact) mass is 401 g/mol. The van der Waals surface area contributed by atoms with Gasteiger partial charge in [0.15, 0.2) is 0 Å². The summed E-state index contributed by atoms with van der Waals surface area (Å²) >= 11 is 3.38. The Labute approximate surface area is 155 Å². The number of halogens is 1. The van der Waals surface area contributed by atoms with Crippen LogP contribution in [0.5, 0.6) is 0 Å². The van der Waals surface area contributed by atoms with E-state index in [4.69, 9.17) is 4.74 Å². The van der Waals surface area contributed by atoms with Crippen molar-refractivity contribution in [3.05, 3.63) is 69.7 Å². The number of hydrazone groups is 1. The molecule has 2 aromatic rings. The summed E-state index contributed by atoms with van der Waals surface area (Å²) in [6.45, 7) is 4.36. The summed E-state index contributed by atoms with van der Waals surface area (Å²) < 4.78 is 6.36. The number of nitrogens with one attached hydrogen (secondary N) is 1. The minimum atomic E-state index is -0.216. The lowest BCUT2D eigenvalue weighted by Crippen LogP contribution is -2.35. The highest BCUT2D eigenvalue weighted by molar-refractivity contribution is 9.10. The molecule has 0 saturated carbocycles. The van der Waals surface area contributed by atoms with Crippen molar-refractivity contribution < 1.29 is 9.53 Å². The Balaban J connectivity index is 1.52. The van der Waals surface area contributed by atoms with Crippen molar-refractivity contribution >= 4 is 28.1 Å². The third-order valence-electron chi connectivity index (χ3n) is 3.98. The van der Waals surface area contributed by atoms with Crippen LogP contribution in [0.1, 0.15) is 21.5 Å². The molecule has 1 heterocycles. The molecule has 0 aliphatic carbocycles. The van der Waals surface area contributed by atoms with Crippen LogP contribution in [-0.4, -0.2) is 43.3 Å². The van der Waals surface area contributed by atoms with Gasteiger partial charge in [-0.25, -0.2) is 5.43 Å². The predicted octanol–water partition coefficient (Wildman–Crippen LogP) is 3.05. The van der Waals surface area contributed by atoms with Gasteiger partial charge >= 0.3 is 0 Å². The van der Waals surface area contributed by atoms with Crippen LogP contribution in [0.15, 0.2) is 58.1 Å². The summed E-state index contributed by atoms with van der Waals surface area (Å²) in [7, 11) is 0. The molecule has 6 heteroatoms. The zero-order valence-electron chi connectivity index (χ0n) is 13.8. The average Bonchev–Trinajstić information content (AvgIpc) is 2.65. The molecular weight excluding hydrogens is 382 g/mol. The van der Waals surface area contributed by atoms with Crippen molar-refractivity contribution in [2.45, 2.75) is 6.54 Å². The first-order chi connectivity index (χ1) is 12.2. The van der Waals surface area contributed by atoms with Crippen molar-refractivity contribution in [1.29, 1.82) is 0 Å². The van der Waals surface area contributed by atoms with Gasteiger partial charge < -0.3 is 4.74 Å². The van der Waals surface area contributed by atoms with E-state index in [0.29, 0.717) is 5.56 Å². The van der Waals surface area contributed by atoms with Gasteiger partial charge in [-0.15, -0.1) is 0 Å². The number of hydrogen-bond donors (Lipinski definition) is 1. The molecule has 0 spiro atoms. The van der Waals surface area contributed by atoms with E-state index in [2.05, 4.69) is 31.4 Å². The van der Waals surface area contributed by atoms with Crippen LogP contribution in [0.25, 0.3) is 0 Å². The Morgan fingerprint density at radius 3 is 2.48 bits per heavy atom. The molecule has 1 aliphatic rings. The SMILES string of the molecule is O=C(NN=Cc1ccc(Br)cc1)c1ccc(CN2CCOCC2)cc1. The van der Waals surface area contributed by atoms with Gasteiger partial charge in [0.1, 0.15) is 0 Å². The summed E-state index contributed by atoms with van der Waals surface area (Å²) in [6.07, 6.45) is 1.62. The summed E-state index contributed by atoms with van der Waals surface area (Å²) in [4.78, 5) is 14.5. The maximum absolute atomic E-state index is 12.1. The second-order valence-corrected chi connectivity index (χ2v) is 6.75. The van der Waals surface area contributed by atoms with Crippen molar-refractivity contribution in [2.75, 3.05) is 26.3 Å². The van der Waals surface area contributed by atoms with Gasteiger partial charge in [-0.05, 0) is 35.4 Å². The molecule has 0 aromatic heterocycles. The van der Waals surface area contributed by atoms with Crippen molar-refractivity contribution in [3.63, 3.8) is 0 Å². The highest BCUT2D eigenvalue weighted by Crippen LogP contribution is 2.10. The first kappa shape index (κ1) is 17.8. The van der Waals surface area contributed by atoms with Gasteiger partial charge in [0.25, 0.3) is 5.91 Å². The lowest BCUT2D eigenvalue weighted by Gasteiger charge is -2.26. The number of amides is 1. The minimum absolute atomic E-state index is 0.216. The van der Waals surface area contributed by atoms with Crippen molar-refractivity contribution in [2.24, 2.45) is 5.10 Å². The molecule has 130 valence electrons. The van der Waals surface area contributed by atoms with Crippen LogP contribution >= 0.6 is 15.9 Å². The number of morpholine rings is 1. The molecule has 0 atom stereocenters. The number of nitrogens with zero attached hydrogens (tertiary/aromatic N) is 2. The van der Waals surface area contributed by atoms with Gasteiger partial charge in [0.2, 0.25) is 0 Å². The second-order valence-electron chi connectivity index (χ2n) is 5.84. The van der Waals surface area contributed by atoms with Crippen molar-refractivity contribution in [1.82, 2.24) is 10.3 Å². The van der Waals surface area contributed by atoms with Gasteiger partial charge in [0, 0.05) is 29.7 Å². The van der Waals surface area contributed by atoms with E-state index in [9.17, 15) is 4.79 Å². The Morgan fingerprint density at radius 2 is 1.80 bits per heavy atom. The molecule has 5 nitrogen and oxygen atoms in total. The normalized spacial score (nSPS) is 15.4. The quantitative estimate of drug-likeness (QED) is 0.618. The first-order valence-electron chi connectivity index (χ1n) is 8.19. The summed E-state index contributed by atoms with van der Waals surface area (Å²) in [5.74, 6) is -0.216. The second kappa shape index (κ2) is 8.89. The molecule has 1 N–H and O–H groups in total. The number of benzene rings is 2. The van der Waals surface area contributed by atoms with Gasteiger partial charge in [-0.1, -0.05) is 40.2 Å². The molecule has 25 heavy (non-hydrogen) atoms. The molecule has 0 bridgehead atoms. The maximum Gasteiger partial charge on any atom is 0.271 e. The third-order valence-corrected chi connectivity index (χ3v) is 4.50. The Morgan fingerprint density at radius 1 is 1.12 bits per heavy atom. The number of ether oxygens (including phenoxy) is 1. The highest BCUT2D eigenvalue weighted by atomic mass is 79.9. The summed E-state index contributed by atoms with van der Waals surface area (Å²) in [6, 6.07) is 15.3. The smallest absolute Gasteiger partial charge is 0.271 e. The summed E-state index contributed by atoms with van der Waals surface area (Å²) in [5.41, 5.74) is 5.26. The van der Waals surface area contributed by atoms with Crippen LogP contribution in [0.3, 0.4) is 0 Å².